The van der Waals surface area contributed by atoms with E-state index in [1.165, 1.54) is 0 Å². The summed E-state index contributed by atoms with van der Waals surface area (Å²) in [6.07, 6.45) is 1.09. The Morgan fingerprint density at radius 2 is 1.89 bits per heavy atom. The number of rotatable bonds is 3. The molecule has 1 aromatic carbocycles. The second kappa shape index (κ2) is 7.90. The van der Waals surface area contributed by atoms with Crippen molar-refractivity contribution in [1.29, 1.82) is 0 Å². The summed E-state index contributed by atoms with van der Waals surface area (Å²) in [5.41, 5.74) is 0.954. The first-order valence-electron chi connectivity index (χ1n) is 8.89. The van der Waals surface area contributed by atoms with Crippen molar-refractivity contribution in [2.24, 2.45) is 0 Å². The number of halogens is 3. The van der Waals surface area contributed by atoms with E-state index in [9.17, 15) is 13.6 Å². The van der Waals surface area contributed by atoms with Gasteiger partial charge in [0.1, 0.15) is 5.82 Å². The van der Waals surface area contributed by atoms with Crippen molar-refractivity contribution >= 4 is 18.3 Å². The van der Waals surface area contributed by atoms with Crippen LogP contribution >= 0.6 is 12.4 Å². The summed E-state index contributed by atoms with van der Waals surface area (Å²) in [6, 6.07) is 8.97. The Morgan fingerprint density at radius 3 is 2.52 bits per heavy atom. The standard InChI is InChI=1S/C18H21F2N5O.ClH/c19-18(20)10-14(21-11-18)17(26)25-8-6-13(7-9-25)16-22-15(23-24-16)12-4-2-1-3-5-12;/h1-5,13-14,21H,6-11H2,(H,22,23,24);1H. The molecule has 0 radical (unpaired) electrons. The molecule has 2 N–H and O–H groups in total. The molecule has 2 fully saturated rings. The largest absolute Gasteiger partial charge is 0.341 e. The number of H-pyrrole nitrogens is 1. The van der Waals surface area contributed by atoms with E-state index in [0.717, 1.165) is 24.2 Å². The Balaban J connectivity index is 0.00000210. The van der Waals surface area contributed by atoms with E-state index >= 15 is 0 Å². The molecule has 2 aromatic rings. The fourth-order valence-corrected chi connectivity index (χ4v) is 3.66. The molecular weight excluding hydrogens is 376 g/mol. The van der Waals surface area contributed by atoms with Gasteiger partial charge in [-0.15, -0.1) is 12.4 Å². The van der Waals surface area contributed by atoms with E-state index in [-0.39, 0.29) is 24.2 Å². The normalized spacial score (nSPS) is 22.4. The smallest absolute Gasteiger partial charge is 0.262 e. The lowest BCUT2D eigenvalue weighted by Gasteiger charge is -2.32. The van der Waals surface area contributed by atoms with Gasteiger partial charge in [0, 0.05) is 31.0 Å². The number of aromatic nitrogens is 3. The highest BCUT2D eigenvalue weighted by Crippen LogP contribution is 2.30. The van der Waals surface area contributed by atoms with Crippen LogP contribution in [0.5, 0.6) is 0 Å². The van der Waals surface area contributed by atoms with Crippen molar-refractivity contribution in [2.75, 3.05) is 19.6 Å². The SMILES string of the molecule is Cl.O=C(C1CC(F)(F)CN1)N1CCC(c2nc(-c3ccccc3)n[nH]2)CC1. The third-order valence-corrected chi connectivity index (χ3v) is 5.14. The molecule has 1 atom stereocenters. The molecule has 6 nitrogen and oxygen atoms in total. The number of benzene rings is 1. The highest BCUT2D eigenvalue weighted by atomic mass is 35.5. The monoisotopic (exact) mass is 397 g/mol. The predicted octanol–water partition coefficient (Wildman–Crippen LogP) is 2.60. The number of likely N-dealkylation sites (tertiary alicyclic amines) is 1. The van der Waals surface area contributed by atoms with Crippen LogP contribution in [0.3, 0.4) is 0 Å². The maximum atomic E-state index is 13.3. The third kappa shape index (κ3) is 4.27. The van der Waals surface area contributed by atoms with E-state index in [2.05, 4.69) is 20.5 Å². The summed E-state index contributed by atoms with van der Waals surface area (Å²) in [4.78, 5) is 18.7. The fraction of sp³-hybridized carbons (Fsp3) is 0.500. The summed E-state index contributed by atoms with van der Waals surface area (Å²) in [7, 11) is 0. The van der Waals surface area contributed by atoms with E-state index in [4.69, 9.17) is 0 Å². The molecule has 2 aliphatic rings. The molecule has 146 valence electrons. The van der Waals surface area contributed by atoms with Gasteiger partial charge in [-0.3, -0.25) is 15.2 Å². The topological polar surface area (TPSA) is 73.9 Å². The predicted molar refractivity (Wildman–Crippen MR) is 99.0 cm³/mol. The zero-order valence-electron chi connectivity index (χ0n) is 14.7. The van der Waals surface area contributed by atoms with Gasteiger partial charge in [0.15, 0.2) is 5.82 Å². The Labute approximate surface area is 162 Å². The summed E-state index contributed by atoms with van der Waals surface area (Å²) in [6.45, 7) is 0.684. The van der Waals surface area contributed by atoms with Crippen LogP contribution in [0.1, 0.15) is 31.0 Å². The van der Waals surface area contributed by atoms with Gasteiger partial charge in [-0.25, -0.2) is 13.8 Å². The summed E-state index contributed by atoms with van der Waals surface area (Å²) < 4.78 is 26.6. The number of carbonyl (C=O) groups is 1. The van der Waals surface area contributed by atoms with Crippen molar-refractivity contribution in [3.05, 3.63) is 36.2 Å². The van der Waals surface area contributed by atoms with Crippen molar-refractivity contribution < 1.29 is 13.6 Å². The molecule has 0 bridgehead atoms. The van der Waals surface area contributed by atoms with Gasteiger partial charge >= 0.3 is 0 Å². The van der Waals surface area contributed by atoms with Crippen molar-refractivity contribution in [3.63, 3.8) is 0 Å². The van der Waals surface area contributed by atoms with Gasteiger partial charge in [-0.2, -0.15) is 5.10 Å². The first-order chi connectivity index (χ1) is 12.5. The molecule has 9 heteroatoms. The number of amides is 1. The second-order valence-electron chi connectivity index (χ2n) is 7.00. The molecule has 0 aliphatic carbocycles. The first-order valence-corrected chi connectivity index (χ1v) is 8.89. The van der Waals surface area contributed by atoms with E-state index < -0.39 is 24.9 Å². The molecule has 0 saturated carbocycles. The highest BCUT2D eigenvalue weighted by Gasteiger charge is 2.44. The summed E-state index contributed by atoms with van der Waals surface area (Å²) in [5, 5.41) is 9.93. The third-order valence-electron chi connectivity index (χ3n) is 5.14. The maximum absolute atomic E-state index is 13.3. The van der Waals surface area contributed by atoms with Crippen LogP contribution in [0.15, 0.2) is 30.3 Å². The Hall–Kier alpha value is -2.06. The molecule has 1 aromatic heterocycles. The average molecular weight is 398 g/mol. The van der Waals surface area contributed by atoms with Gasteiger partial charge in [0.2, 0.25) is 5.91 Å². The van der Waals surface area contributed by atoms with Crippen LogP contribution in [-0.4, -0.2) is 57.6 Å². The van der Waals surface area contributed by atoms with Crippen LogP contribution in [-0.2, 0) is 4.79 Å². The number of piperidine rings is 1. The van der Waals surface area contributed by atoms with Crippen molar-refractivity contribution in [3.8, 4) is 11.4 Å². The van der Waals surface area contributed by atoms with Gasteiger partial charge in [0.25, 0.3) is 5.92 Å². The number of alkyl halides is 2. The zero-order chi connectivity index (χ0) is 18.1. The molecule has 1 amide bonds. The van der Waals surface area contributed by atoms with E-state index in [1.54, 1.807) is 4.90 Å². The molecular formula is C18H22ClF2N5O. The van der Waals surface area contributed by atoms with E-state index in [1.807, 2.05) is 30.3 Å². The minimum Gasteiger partial charge on any atom is -0.341 e. The number of hydrogen-bond acceptors (Lipinski definition) is 4. The number of carbonyl (C=O) groups excluding carboxylic acids is 1. The Morgan fingerprint density at radius 1 is 1.19 bits per heavy atom. The van der Waals surface area contributed by atoms with Crippen LogP contribution in [0.2, 0.25) is 0 Å². The molecule has 2 saturated heterocycles. The minimum atomic E-state index is -2.79. The van der Waals surface area contributed by atoms with Crippen LogP contribution in [0.4, 0.5) is 8.78 Å². The fourth-order valence-electron chi connectivity index (χ4n) is 3.66. The molecule has 1 unspecified atom stereocenters. The molecule has 4 rings (SSSR count). The van der Waals surface area contributed by atoms with Gasteiger partial charge in [-0.1, -0.05) is 30.3 Å². The highest BCUT2D eigenvalue weighted by molar-refractivity contribution is 5.85. The van der Waals surface area contributed by atoms with E-state index in [0.29, 0.717) is 18.9 Å². The lowest BCUT2D eigenvalue weighted by Crippen LogP contribution is -2.46. The Kier molecular flexibility index (Phi) is 5.76. The van der Waals surface area contributed by atoms with Crippen LogP contribution < -0.4 is 5.32 Å². The number of hydrogen-bond donors (Lipinski definition) is 2. The zero-order valence-corrected chi connectivity index (χ0v) is 15.5. The van der Waals surface area contributed by atoms with Crippen LogP contribution in [0.25, 0.3) is 11.4 Å². The summed E-state index contributed by atoms with van der Waals surface area (Å²) in [5.74, 6) is -1.32. The number of nitrogens with one attached hydrogen (secondary N) is 2. The lowest BCUT2D eigenvalue weighted by molar-refractivity contribution is -0.134. The minimum absolute atomic E-state index is 0. The van der Waals surface area contributed by atoms with Crippen molar-refractivity contribution in [2.45, 2.75) is 37.1 Å². The Bertz CT molecular complexity index is 777. The van der Waals surface area contributed by atoms with Crippen molar-refractivity contribution in [1.82, 2.24) is 25.4 Å². The molecule has 27 heavy (non-hydrogen) atoms. The molecule has 2 aliphatic heterocycles. The lowest BCUT2D eigenvalue weighted by atomic mass is 9.95. The average Bonchev–Trinajstić information content (AvgIpc) is 3.29. The number of aromatic amines is 1. The van der Waals surface area contributed by atoms with Gasteiger partial charge in [0.05, 0.1) is 12.6 Å². The molecule has 0 spiro atoms. The van der Waals surface area contributed by atoms with Gasteiger partial charge < -0.3 is 4.90 Å². The molecule has 3 heterocycles. The van der Waals surface area contributed by atoms with Gasteiger partial charge in [-0.05, 0) is 12.8 Å². The first kappa shape index (κ1) is 19.7. The number of nitrogens with zero attached hydrogens (tertiary/aromatic N) is 3. The summed E-state index contributed by atoms with van der Waals surface area (Å²) >= 11 is 0. The second-order valence-corrected chi connectivity index (χ2v) is 7.00. The maximum Gasteiger partial charge on any atom is 0.262 e. The van der Waals surface area contributed by atoms with Crippen LogP contribution in [0, 0.1) is 0 Å². The quantitative estimate of drug-likeness (QED) is 0.835.